The molecule has 0 unspecified atom stereocenters. The van der Waals surface area contributed by atoms with Crippen LogP contribution in [0.3, 0.4) is 0 Å². The molecule has 1 heterocycles. The van der Waals surface area contributed by atoms with Crippen LogP contribution in [0.5, 0.6) is 0 Å². The predicted molar refractivity (Wildman–Crippen MR) is 39.8 cm³/mol. The molecule has 1 radical (unpaired) electrons. The van der Waals surface area contributed by atoms with Gasteiger partial charge in [-0.1, -0.05) is 23.8 Å². The van der Waals surface area contributed by atoms with E-state index in [0.717, 1.165) is 10.9 Å². The molecule has 3 heteroatoms. The summed E-state index contributed by atoms with van der Waals surface area (Å²) in [4.78, 5) is 0. The molecule has 0 saturated carbocycles. The maximum Gasteiger partial charge on any atom is 0.00986 e. The van der Waals surface area contributed by atoms with E-state index in [1.807, 2.05) is 19.1 Å². The third-order valence-corrected chi connectivity index (χ3v) is 1.55. The van der Waals surface area contributed by atoms with Gasteiger partial charge in [-0.15, -0.1) is 5.52 Å². The van der Waals surface area contributed by atoms with E-state index in [-0.39, 0.29) is 35.6 Å². The van der Waals surface area contributed by atoms with Crippen LogP contribution in [-0.4, -0.2) is 5.10 Å². The fourth-order valence-electron chi connectivity index (χ4n) is 1.00. The average Bonchev–Trinajstić information content (AvgIpc) is 2.33. The minimum absolute atomic E-state index is 0. The van der Waals surface area contributed by atoms with Crippen LogP contribution in [-0.2, 0) is 0 Å². The van der Waals surface area contributed by atoms with E-state index in [1.54, 1.807) is 6.20 Å². The number of hydrogen-bond donors (Lipinski definition) is 0. The summed E-state index contributed by atoms with van der Waals surface area (Å²) < 4.78 is 0. The summed E-state index contributed by atoms with van der Waals surface area (Å²) in [5.41, 5.74) is 2.22. The van der Waals surface area contributed by atoms with Crippen LogP contribution < -0.4 is 5.10 Å². The fourth-order valence-corrected chi connectivity index (χ4v) is 1.00. The number of hydrogen-bond acceptors (Lipinski definition) is 1. The monoisotopic (exact) mass is 270 g/mol. The smallest absolute Gasteiger partial charge is 0.00986 e. The molecular weight excluding hydrogens is 263 g/mol. The SMILES string of the molecule is Cc1ccc2cn[n-]c2c1.[La]. The first-order chi connectivity index (χ1) is 4.86. The maximum absolute atomic E-state index is 3.93. The van der Waals surface area contributed by atoms with Gasteiger partial charge in [0, 0.05) is 41.8 Å². The van der Waals surface area contributed by atoms with Gasteiger partial charge in [0.1, 0.15) is 0 Å². The molecular formula is C8H7LaN2-. The third kappa shape index (κ3) is 1.72. The van der Waals surface area contributed by atoms with Gasteiger partial charge in [0.05, 0.1) is 0 Å². The number of nitrogens with zero attached hydrogens (tertiary/aromatic N) is 2. The Labute approximate surface area is 93.0 Å². The second kappa shape index (κ2) is 3.52. The van der Waals surface area contributed by atoms with Gasteiger partial charge >= 0.3 is 0 Å². The molecule has 0 bridgehead atoms. The van der Waals surface area contributed by atoms with Gasteiger partial charge in [0.2, 0.25) is 0 Å². The second-order valence-electron chi connectivity index (χ2n) is 2.41. The van der Waals surface area contributed by atoms with E-state index >= 15 is 0 Å². The van der Waals surface area contributed by atoms with Crippen LogP contribution in [0.2, 0.25) is 0 Å². The number of fused-ring (bicyclic) bond motifs is 1. The largest absolute Gasteiger partial charge is 0.575 e. The number of aromatic nitrogens is 2. The summed E-state index contributed by atoms with van der Waals surface area (Å²) in [6.07, 6.45) is 1.77. The average molecular weight is 270 g/mol. The fraction of sp³-hybridized carbons (Fsp3) is 0.125. The molecule has 0 aliphatic carbocycles. The van der Waals surface area contributed by atoms with Gasteiger partial charge < -0.3 is 10.2 Å². The Morgan fingerprint density at radius 1 is 1.36 bits per heavy atom. The van der Waals surface area contributed by atoms with Gasteiger partial charge in [-0.25, -0.2) is 0 Å². The van der Waals surface area contributed by atoms with E-state index in [4.69, 9.17) is 0 Å². The van der Waals surface area contributed by atoms with Crippen LogP contribution in [0, 0.1) is 42.5 Å². The molecule has 53 valence electrons. The van der Waals surface area contributed by atoms with Crippen molar-refractivity contribution in [2.24, 2.45) is 0 Å². The zero-order valence-corrected chi connectivity index (χ0v) is 9.91. The van der Waals surface area contributed by atoms with Crippen molar-refractivity contribution in [1.82, 2.24) is 10.2 Å². The Morgan fingerprint density at radius 3 is 3.00 bits per heavy atom. The van der Waals surface area contributed by atoms with Gasteiger partial charge in [0.25, 0.3) is 0 Å². The van der Waals surface area contributed by atoms with Crippen LogP contribution in [0.1, 0.15) is 5.56 Å². The Morgan fingerprint density at radius 2 is 2.18 bits per heavy atom. The molecule has 0 aliphatic rings. The van der Waals surface area contributed by atoms with E-state index < -0.39 is 0 Å². The third-order valence-electron chi connectivity index (χ3n) is 1.55. The predicted octanol–water partition coefficient (Wildman–Crippen LogP) is 1.50. The first kappa shape index (κ1) is 8.98. The van der Waals surface area contributed by atoms with E-state index in [1.165, 1.54) is 5.56 Å². The number of rotatable bonds is 0. The van der Waals surface area contributed by atoms with Gasteiger partial charge in [-0.3, -0.25) is 0 Å². The Bertz CT molecular complexity index is 354. The molecule has 0 saturated heterocycles. The molecule has 0 aliphatic heterocycles. The normalized spacial score (nSPS) is 9.55. The molecule has 0 fully saturated rings. The van der Waals surface area contributed by atoms with Crippen molar-refractivity contribution in [2.45, 2.75) is 6.92 Å². The Balaban J connectivity index is 0.000000605. The maximum atomic E-state index is 3.93. The summed E-state index contributed by atoms with van der Waals surface area (Å²) in [5.74, 6) is 0. The van der Waals surface area contributed by atoms with Crippen molar-refractivity contribution in [1.29, 1.82) is 0 Å². The summed E-state index contributed by atoms with van der Waals surface area (Å²) in [6, 6.07) is 6.12. The summed E-state index contributed by atoms with van der Waals surface area (Å²) in [5, 5.41) is 8.84. The van der Waals surface area contributed by atoms with E-state index in [2.05, 4.69) is 16.3 Å². The molecule has 1 aromatic heterocycles. The summed E-state index contributed by atoms with van der Waals surface area (Å²) in [6.45, 7) is 2.05. The van der Waals surface area contributed by atoms with Gasteiger partial charge in [-0.05, 0) is 12.3 Å². The molecule has 1 aromatic carbocycles. The van der Waals surface area contributed by atoms with Crippen molar-refractivity contribution >= 4 is 10.9 Å². The van der Waals surface area contributed by atoms with Gasteiger partial charge in [0.15, 0.2) is 0 Å². The van der Waals surface area contributed by atoms with Crippen LogP contribution in [0.15, 0.2) is 24.4 Å². The standard InChI is InChI=1S/C8H7N2.La/c1-6-2-3-7-5-9-10-8(7)4-6;/h2-5H,1H3;/q-1;. The molecule has 2 rings (SSSR count). The zero-order valence-electron chi connectivity index (χ0n) is 6.28. The van der Waals surface area contributed by atoms with E-state index in [9.17, 15) is 0 Å². The van der Waals surface area contributed by atoms with Crippen molar-refractivity contribution in [3.05, 3.63) is 30.0 Å². The minimum Gasteiger partial charge on any atom is -0.575 e. The second-order valence-corrected chi connectivity index (χ2v) is 2.41. The van der Waals surface area contributed by atoms with Crippen molar-refractivity contribution in [2.75, 3.05) is 0 Å². The summed E-state index contributed by atoms with van der Waals surface area (Å²) >= 11 is 0. The number of benzene rings is 1. The van der Waals surface area contributed by atoms with Gasteiger partial charge in [-0.2, -0.15) is 0 Å². The molecule has 11 heavy (non-hydrogen) atoms. The topological polar surface area (TPSA) is 27.0 Å². The van der Waals surface area contributed by atoms with Crippen molar-refractivity contribution in [3.63, 3.8) is 0 Å². The molecule has 0 atom stereocenters. The van der Waals surface area contributed by atoms with Crippen molar-refractivity contribution < 1.29 is 35.6 Å². The quantitative estimate of drug-likeness (QED) is 0.725. The molecule has 0 N–H and O–H groups in total. The molecule has 0 spiro atoms. The van der Waals surface area contributed by atoms with Crippen molar-refractivity contribution in [3.8, 4) is 0 Å². The zero-order chi connectivity index (χ0) is 6.97. The molecule has 0 amide bonds. The Kier molecular flexibility index (Phi) is 2.87. The van der Waals surface area contributed by atoms with E-state index in [0.29, 0.717) is 0 Å². The molecule has 2 nitrogen and oxygen atoms in total. The van der Waals surface area contributed by atoms with Crippen LogP contribution in [0.4, 0.5) is 0 Å². The van der Waals surface area contributed by atoms with Crippen LogP contribution in [0.25, 0.3) is 10.9 Å². The first-order valence-electron chi connectivity index (χ1n) is 3.21. The first-order valence-corrected chi connectivity index (χ1v) is 3.21. The minimum atomic E-state index is 0. The Hall–Kier alpha value is -0.115. The number of aryl methyl sites for hydroxylation is 1. The summed E-state index contributed by atoms with van der Waals surface area (Å²) in [7, 11) is 0. The molecule has 2 aromatic rings. The van der Waals surface area contributed by atoms with Crippen LogP contribution >= 0.6 is 0 Å².